The van der Waals surface area contributed by atoms with E-state index >= 15 is 0 Å². The van der Waals surface area contributed by atoms with Crippen LogP contribution in [0.5, 0.6) is 11.5 Å². The summed E-state index contributed by atoms with van der Waals surface area (Å²) in [7, 11) is 0. The molecule has 0 aliphatic heterocycles. The van der Waals surface area contributed by atoms with Gasteiger partial charge >= 0.3 is 0 Å². The minimum atomic E-state index is 0.200. The molecule has 0 spiro atoms. The zero-order valence-electron chi connectivity index (χ0n) is 10.2. The van der Waals surface area contributed by atoms with Crippen LogP contribution in [0.25, 0.3) is 0 Å². The Kier molecular flexibility index (Phi) is 2.73. The second-order valence-corrected chi connectivity index (χ2v) is 5.58. The molecule has 0 unspecified atom stereocenters. The van der Waals surface area contributed by atoms with Gasteiger partial charge in [0, 0.05) is 11.6 Å². The van der Waals surface area contributed by atoms with E-state index in [0.717, 1.165) is 29.9 Å². The van der Waals surface area contributed by atoms with E-state index in [-0.39, 0.29) is 5.75 Å². The minimum absolute atomic E-state index is 0.200. The molecule has 3 rings (SSSR count). The van der Waals surface area contributed by atoms with E-state index in [0.29, 0.717) is 11.7 Å². The van der Waals surface area contributed by atoms with Crippen molar-refractivity contribution in [3.63, 3.8) is 0 Å². The number of fused-ring (bicyclic) bond motifs is 1. The standard InChI is InChI=1S/C15H20O2/c16-12-8-11-6-7-13(15(11)14(17)9-12)10-4-2-1-3-5-10/h8-10,13,16-17H,1-7H2/t13-/m0/s1. The van der Waals surface area contributed by atoms with Crippen LogP contribution in [-0.2, 0) is 6.42 Å². The Morgan fingerprint density at radius 1 is 0.941 bits per heavy atom. The van der Waals surface area contributed by atoms with Crippen LogP contribution in [0, 0.1) is 5.92 Å². The van der Waals surface area contributed by atoms with Crippen molar-refractivity contribution in [1.29, 1.82) is 0 Å². The molecule has 1 fully saturated rings. The molecule has 1 aromatic rings. The van der Waals surface area contributed by atoms with E-state index < -0.39 is 0 Å². The Bertz CT molecular complexity index is 419. The number of benzene rings is 1. The summed E-state index contributed by atoms with van der Waals surface area (Å²) in [5.74, 6) is 1.80. The minimum Gasteiger partial charge on any atom is -0.508 e. The molecule has 0 saturated heterocycles. The van der Waals surface area contributed by atoms with Crippen molar-refractivity contribution < 1.29 is 10.2 Å². The first-order valence-corrected chi connectivity index (χ1v) is 6.80. The van der Waals surface area contributed by atoms with Crippen molar-refractivity contribution in [3.05, 3.63) is 23.3 Å². The molecule has 1 saturated carbocycles. The Balaban J connectivity index is 1.92. The molecule has 2 aliphatic rings. The van der Waals surface area contributed by atoms with Crippen LogP contribution < -0.4 is 0 Å². The predicted molar refractivity (Wildman–Crippen MR) is 67.4 cm³/mol. The lowest BCUT2D eigenvalue weighted by Gasteiger charge is -2.28. The molecule has 17 heavy (non-hydrogen) atoms. The third-order valence-corrected chi connectivity index (χ3v) is 4.54. The summed E-state index contributed by atoms with van der Waals surface area (Å²) in [4.78, 5) is 0. The predicted octanol–water partition coefficient (Wildman–Crippen LogP) is 3.71. The summed E-state index contributed by atoms with van der Waals surface area (Å²) in [6.07, 6.45) is 8.84. The molecule has 0 aromatic heterocycles. The molecule has 0 bridgehead atoms. The van der Waals surface area contributed by atoms with Gasteiger partial charge in [-0.05, 0) is 49.1 Å². The molecule has 1 aromatic carbocycles. The first-order chi connectivity index (χ1) is 8.25. The van der Waals surface area contributed by atoms with E-state index in [1.807, 2.05) is 6.07 Å². The van der Waals surface area contributed by atoms with Crippen LogP contribution >= 0.6 is 0 Å². The largest absolute Gasteiger partial charge is 0.508 e. The number of phenols is 2. The highest BCUT2D eigenvalue weighted by atomic mass is 16.3. The van der Waals surface area contributed by atoms with Gasteiger partial charge in [-0.1, -0.05) is 19.3 Å². The number of hydrogen-bond donors (Lipinski definition) is 2. The molecule has 0 radical (unpaired) electrons. The van der Waals surface area contributed by atoms with Crippen molar-refractivity contribution in [2.45, 2.75) is 50.9 Å². The van der Waals surface area contributed by atoms with E-state index in [1.165, 1.54) is 38.2 Å². The third-order valence-electron chi connectivity index (χ3n) is 4.54. The van der Waals surface area contributed by atoms with E-state index in [9.17, 15) is 10.2 Å². The van der Waals surface area contributed by atoms with Crippen molar-refractivity contribution in [2.24, 2.45) is 5.92 Å². The van der Waals surface area contributed by atoms with Crippen LogP contribution in [0.4, 0.5) is 0 Å². The fraction of sp³-hybridized carbons (Fsp3) is 0.600. The maximum atomic E-state index is 10.1. The Morgan fingerprint density at radius 2 is 1.71 bits per heavy atom. The fourth-order valence-corrected chi connectivity index (χ4v) is 3.78. The van der Waals surface area contributed by atoms with Crippen molar-refractivity contribution in [2.75, 3.05) is 0 Å². The molecule has 92 valence electrons. The molecule has 0 heterocycles. The number of aryl methyl sites for hydroxylation is 1. The van der Waals surface area contributed by atoms with Gasteiger partial charge < -0.3 is 10.2 Å². The lowest BCUT2D eigenvalue weighted by atomic mass is 9.77. The van der Waals surface area contributed by atoms with Crippen molar-refractivity contribution in [3.8, 4) is 11.5 Å². The zero-order valence-corrected chi connectivity index (χ0v) is 10.2. The van der Waals surface area contributed by atoms with Gasteiger partial charge in [-0.3, -0.25) is 0 Å². The smallest absolute Gasteiger partial charge is 0.123 e. The highest BCUT2D eigenvalue weighted by Gasteiger charge is 2.33. The summed E-state index contributed by atoms with van der Waals surface area (Å²) in [6, 6.07) is 3.33. The van der Waals surface area contributed by atoms with Crippen molar-refractivity contribution >= 4 is 0 Å². The van der Waals surface area contributed by atoms with Gasteiger partial charge in [0.15, 0.2) is 0 Å². The Labute approximate surface area is 102 Å². The van der Waals surface area contributed by atoms with Gasteiger partial charge in [-0.25, -0.2) is 0 Å². The maximum absolute atomic E-state index is 10.1. The normalized spacial score (nSPS) is 24.8. The molecular weight excluding hydrogens is 212 g/mol. The van der Waals surface area contributed by atoms with E-state index in [4.69, 9.17) is 0 Å². The summed E-state index contributed by atoms with van der Waals surface area (Å²) in [5.41, 5.74) is 2.30. The first kappa shape index (κ1) is 10.9. The van der Waals surface area contributed by atoms with Gasteiger partial charge in [0.25, 0.3) is 0 Å². The molecule has 2 N–H and O–H groups in total. The van der Waals surface area contributed by atoms with Gasteiger partial charge in [-0.15, -0.1) is 0 Å². The van der Waals surface area contributed by atoms with Crippen molar-refractivity contribution in [1.82, 2.24) is 0 Å². The van der Waals surface area contributed by atoms with E-state index in [1.54, 1.807) is 0 Å². The first-order valence-electron chi connectivity index (χ1n) is 6.80. The Hall–Kier alpha value is -1.18. The second-order valence-electron chi connectivity index (χ2n) is 5.58. The van der Waals surface area contributed by atoms with Gasteiger partial charge in [-0.2, -0.15) is 0 Å². The molecule has 2 nitrogen and oxygen atoms in total. The Morgan fingerprint density at radius 3 is 2.47 bits per heavy atom. The average Bonchev–Trinajstić information content (AvgIpc) is 2.74. The molecule has 1 atom stereocenters. The maximum Gasteiger partial charge on any atom is 0.123 e. The van der Waals surface area contributed by atoms with E-state index in [2.05, 4.69) is 0 Å². The van der Waals surface area contributed by atoms with Crippen LogP contribution in [0.15, 0.2) is 12.1 Å². The lowest BCUT2D eigenvalue weighted by Crippen LogP contribution is -2.14. The van der Waals surface area contributed by atoms with Gasteiger partial charge in [0.1, 0.15) is 11.5 Å². The topological polar surface area (TPSA) is 40.5 Å². The lowest BCUT2D eigenvalue weighted by molar-refractivity contribution is 0.299. The highest BCUT2D eigenvalue weighted by Crippen LogP contribution is 2.48. The fourth-order valence-electron chi connectivity index (χ4n) is 3.78. The number of aromatic hydroxyl groups is 2. The number of rotatable bonds is 1. The summed E-state index contributed by atoms with van der Waals surface area (Å²) in [5, 5.41) is 19.6. The molecule has 2 heteroatoms. The van der Waals surface area contributed by atoms with Gasteiger partial charge in [0.2, 0.25) is 0 Å². The second kappa shape index (κ2) is 4.25. The quantitative estimate of drug-likeness (QED) is 0.775. The third kappa shape index (κ3) is 1.90. The summed E-state index contributed by atoms with van der Waals surface area (Å²) in [6.45, 7) is 0. The molecule has 0 amide bonds. The van der Waals surface area contributed by atoms with Crippen LogP contribution in [0.1, 0.15) is 55.6 Å². The van der Waals surface area contributed by atoms with Crippen LogP contribution in [-0.4, -0.2) is 10.2 Å². The van der Waals surface area contributed by atoms with Crippen LogP contribution in [0.3, 0.4) is 0 Å². The molecule has 2 aliphatic carbocycles. The molecular formula is C15H20O2. The average molecular weight is 232 g/mol. The number of hydrogen-bond acceptors (Lipinski definition) is 2. The zero-order chi connectivity index (χ0) is 11.8. The highest BCUT2D eigenvalue weighted by molar-refractivity contribution is 5.50. The SMILES string of the molecule is Oc1cc(O)c2c(c1)CC[C@H]2C1CCCCC1. The monoisotopic (exact) mass is 232 g/mol. The summed E-state index contributed by atoms with van der Waals surface area (Å²) < 4.78 is 0. The number of phenolic OH excluding ortho intramolecular Hbond substituents is 2. The summed E-state index contributed by atoms with van der Waals surface area (Å²) >= 11 is 0. The van der Waals surface area contributed by atoms with Crippen LogP contribution in [0.2, 0.25) is 0 Å². The van der Waals surface area contributed by atoms with Gasteiger partial charge in [0.05, 0.1) is 0 Å².